The van der Waals surface area contributed by atoms with Crippen LogP contribution in [0.5, 0.6) is 5.75 Å². The minimum Gasteiger partial charge on any atom is -0.462 e. The number of nitrogens with zero attached hydrogens (tertiary/aromatic N) is 1. The molecular weight excluding hydrogens is 388 g/mol. The predicted molar refractivity (Wildman–Crippen MR) is 113 cm³/mol. The molecule has 5 atom stereocenters. The van der Waals surface area contributed by atoms with Crippen LogP contribution in [0.25, 0.3) is 10.9 Å². The Bertz CT molecular complexity index is 813. The number of hydrogen-bond acceptors (Lipinski definition) is 7. The summed E-state index contributed by atoms with van der Waals surface area (Å²) < 4.78 is 11.1. The molecule has 0 radical (unpaired) electrons. The van der Waals surface area contributed by atoms with Crippen LogP contribution in [-0.4, -0.2) is 86.3 Å². The molecule has 0 aliphatic carbocycles. The monoisotopic (exact) mass is 422 g/mol. The van der Waals surface area contributed by atoms with E-state index in [4.69, 9.17) is 9.47 Å². The molecule has 3 rings (SSSR count). The molecular formula is C22H34N2O6. The van der Waals surface area contributed by atoms with E-state index in [1.165, 1.54) is 5.56 Å². The van der Waals surface area contributed by atoms with Gasteiger partial charge in [0.2, 0.25) is 6.29 Å². The van der Waals surface area contributed by atoms with Gasteiger partial charge in [0.15, 0.2) is 0 Å². The third-order valence-corrected chi connectivity index (χ3v) is 5.81. The Morgan fingerprint density at radius 3 is 2.40 bits per heavy atom. The van der Waals surface area contributed by atoms with Gasteiger partial charge in [0.05, 0.1) is 6.61 Å². The van der Waals surface area contributed by atoms with Gasteiger partial charge in [0.25, 0.3) is 0 Å². The van der Waals surface area contributed by atoms with Crippen molar-refractivity contribution < 1.29 is 29.9 Å². The van der Waals surface area contributed by atoms with Gasteiger partial charge in [-0.25, -0.2) is 0 Å². The fourth-order valence-corrected chi connectivity index (χ4v) is 4.11. The van der Waals surface area contributed by atoms with Crippen molar-refractivity contribution in [2.75, 3.05) is 13.2 Å². The number of rotatable bonds is 8. The first-order valence-electron chi connectivity index (χ1n) is 10.6. The molecule has 0 bridgehead atoms. The molecule has 8 nitrogen and oxygen atoms in total. The summed E-state index contributed by atoms with van der Waals surface area (Å²) in [7, 11) is 0. The first kappa shape index (κ1) is 23.0. The standard InChI is InChI=1S/C22H34N2O6/c1-12(2)24(13(3)4)8-7-14-10-23-17-9-15(5-6-16(14)17)29-22-21(28)20(27)19(26)18(11-25)30-22/h5-6,9-10,12-13,18-23,25-28H,7-8,11H2,1-4H3. The Hall–Kier alpha value is -1.68. The number of fused-ring (bicyclic) bond motifs is 1. The minimum absolute atomic E-state index is 0.450. The van der Waals surface area contributed by atoms with E-state index in [9.17, 15) is 20.4 Å². The Morgan fingerprint density at radius 2 is 1.77 bits per heavy atom. The van der Waals surface area contributed by atoms with E-state index in [0.29, 0.717) is 17.8 Å². The molecule has 2 heterocycles. The van der Waals surface area contributed by atoms with Crippen molar-refractivity contribution in [3.63, 3.8) is 0 Å². The van der Waals surface area contributed by atoms with Gasteiger partial charge in [-0.05, 0) is 51.8 Å². The van der Waals surface area contributed by atoms with Crippen LogP contribution in [0.3, 0.4) is 0 Å². The molecule has 1 aliphatic rings. The van der Waals surface area contributed by atoms with Crippen LogP contribution in [0, 0.1) is 0 Å². The molecule has 5 N–H and O–H groups in total. The van der Waals surface area contributed by atoms with E-state index < -0.39 is 37.3 Å². The number of H-pyrrole nitrogens is 1. The number of benzene rings is 1. The topological polar surface area (TPSA) is 118 Å². The van der Waals surface area contributed by atoms with E-state index in [1.807, 2.05) is 18.3 Å². The lowest BCUT2D eigenvalue weighted by Gasteiger charge is -2.39. The normalized spacial score (nSPS) is 27.5. The number of aromatic amines is 1. The van der Waals surface area contributed by atoms with E-state index in [0.717, 1.165) is 23.9 Å². The number of aliphatic hydroxyl groups excluding tert-OH is 4. The smallest absolute Gasteiger partial charge is 0.229 e. The highest BCUT2D eigenvalue weighted by atomic mass is 16.7. The molecule has 2 aromatic rings. The van der Waals surface area contributed by atoms with Crippen LogP contribution >= 0.6 is 0 Å². The van der Waals surface area contributed by atoms with E-state index in [1.54, 1.807) is 6.07 Å². The summed E-state index contributed by atoms with van der Waals surface area (Å²) in [6.45, 7) is 9.30. The molecule has 0 saturated carbocycles. The van der Waals surface area contributed by atoms with Gasteiger partial charge in [-0.3, -0.25) is 4.90 Å². The molecule has 1 saturated heterocycles. The van der Waals surface area contributed by atoms with Crippen molar-refractivity contribution in [3.05, 3.63) is 30.0 Å². The molecule has 0 spiro atoms. The molecule has 30 heavy (non-hydrogen) atoms. The zero-order valence-electron chi connectivity index (χ0n) is 18.0. The zero-order chi connectivity index (χ0) is 22.0. The number of nitrogens with one attached hydrogen (secondary N) is 1. The van der Waals surface area contributed by atoms with Crippen molar-refractivity contribution in [3.8, 4) is 5.75 Å². The van der Waals surface area contributed by atoms with Crippen molar-refractivity contribution >= 4 is 10.9 Å². The summed E-state index contributed by atoms with van der Waals surface area (Å²) in [4.78, 5) is 5.72. The summed E-state index contributed by atoms with van der Waals surface area (Å²) in [5.41, 5.74) is 2.11. The second-order valence-corrected chi connectivity index (χ2v) is 8.51. The van der Waals surface area contributed by atoms with Crippen LogP contribution < -0.4 is 4.74 Å². The summed E-state index contributed by atoms with van der Waals surface area (Å²) in [5.74, 6) is 0.450. The van der Waals surface area contributed by atoms with Crippen LogP contribution in [0.1, 0.15) is 33.3 Å². The number of aliphatic hydroxyl groups is 4. The van der Waals surface area contributed by atoms with Crippen molar-refractivity contribution in [2.24, 2.45) is 0 Å². The molecule has 1 aromatic carbocycles. The summed E-state index contributed by atoms with van der Waals surface area (Å²) in [6.07, 6.45) is -3.58. The predicted octanol–water partition coefficient (Wildman–Crippen LogP) is 1.01. The summed E-state index contributed by atoms with van der Waals surface area (Å²) in [5, 5.41) is 40.4. The van der Waals surface area contributed by atoms with Gasteiger partial charge in [-0.15, -0.1) is 0 Å². The quantitative estimate of drug-likeness (QED) is 0.431. The third kappa shape index (κ3) is 4.80. The Kier molecular flexibility index (Phi) is 7.38. The molecule has 1 fully saturated rings. The average molecular weight is 423 g/mol. The third-order valence-electron chi connectivity index (χ3n) is 5.81. The second-order valence-electron chi connectivity index (χ2n) is 8.51. The van der Waals surface area contributed by atoms with Crippen LogP contribution in [-0.2, 0) is 11.2 Å². The lowest BCUT2D eigenvalue weighted by molar-refractivity contribution is -0.277. The highest BCUT2D eigenvalue weighted by molar-refractivity contribution is 5.84. The highest BCUT2D eigenvalue weighted by Gasteiger charge is 2.44. The Balaban J connectivity index is 1.71. The maximum absolute atomic E-state index is 10.2. The van der Waals surface area contributed by atoms with Gasteiger partial charge in [0.1, 0.15) is 30.2 Å². The SMILES string of the molecule is CC(C)N(CCc1c[nH]c2cc(OC3OC(CO)C(O)C(O)C3O)ccc12)C(C)C. The molecule has 8 heteroatoms. The molecule has 0 amide bonds. The zero-order valence-corrected chi connectivity index (χ0v) is 18.0. The number of hydrogen-bond donors (Lipinski definition) is 5. The first-order valence-corrected chi connectivity index (χ1v) is 10.6. The molecule has 1 aliphatic heterocycles. The van der Waals surface area contributed by atoms with Crippen molar-refractivity contribution in [1.82, 2.24) is 9.88 Å². The van der Waals surface area contributed by atoms with E-state index in [2.05, 4.69) is 37.6 Å². The lowest BCUT2D eigenvalue weighted by atomic mass is 9.99. The fourth-order valence-electron chi connectivity index (χ4n) is 4.11. The average Bonchev–Trinajstić information content (AvgIpc) is 3.10. The molecule has 1 aromatic heterocycles. The van der Waals surface area contributed by atoms with Crippen LogP contribution in [0.15, 0.2) is 24.4 Å². The number of ether oxygens (including phenoxy) is 2. The van der Waals surface area contributed by atoms with E-state index in [-0.39, 0.29) is 0 Å². The van der Waals surface area contributed by atoms with Gasteiger partial charge in [0, 0.05) is 41.8 Å². The largest absolute Gasteiger partial charge is 0.462 e. The van der Waals surface area contributed by atoms with E-state index >= 15 is 0 Å². The fraction of sp³-hybridized carbons (Fsp3) is 0.636. The van der Waals surface area contributed by atoms with Gasteiger partial charge in [-0.2, -0.15) is 0 Å². The number of aromatic nitrogens is 1. The summed E-state index contributed by atoms with van der Waals surface area (Å²) >= 11 is 0. The second kappa shape index (κ2) is 9.64. The lowest BCUT2D eigenvalue weighted by Crippen LogP contribution is -2.60. The highest BCUT2D eigenvalue weighted by Crippen LogP contribution is 2.28. The summed E-state index contributed by atoms with van der Waals surface area (Å²) in [6, 6.07) is 6.50. The van der Waals surface area contributed by atoms with Crippen LogP contribution in [0.2, 0.25) is 0 Å². The minimum atomic E-state index is -1.47. The molecule has 5 unspecified atom stereocenters. The van der Waals surface area contributed by atoms with Crippen molar-refractivity contribution in [1.29, 1.82) is 0 Å². The maximum Gasteiger partial charge on any atom is 0.229 e. The van der Waals surface area contributed by atoms with Gasteiger partial charge < -0.3 is 34.9 Å². The van der Waals surface area contributed by atoms with Gasteiger partial charge in [-0.1, -0.05) is 0 Å². The molecule has 168 valence electrons. The van der Waals surface area contributed by atoms with Gasteiger partial charge >= 0.3 is 0 Å². The Morgan fingerprint density at radius 1 is 1.07 bits per heavy atom. The first-order chi connectivity index (χ1) is 14.2. The Labute approximate surface area is 177 Å². The van der Waals surface area contributed by atoms with Crippen LogP contribution in [0.4, 0.5) is 0 Å². The van der Waals surface area contributed by atoms with Crippen molar-refractivity contribution in [2.45, 2.75) is 76.9 Å². The maximum atomic E-state index is 10.2.